The number of carbonyl (C=O) groups is 1. The highest BCUT2D eigenvalue weighted by molar-refractivity contribution is 6.30. The first-order valence-electron chi connectivity index (χ1n) is 6.06. The number of halogens is 3. The predicted octanol–water partition coefficient (Wildman–Crippen LogP) is 2.65. The van der Waals surface area contributed by atoms with Crippen LogP contribution in [0.15, 0.2) is 12.1 Å². The van der Waals surface area contributed by atoms with Gasteiger partial charge in [-0.1, -0.05) is 24.4 Å². The van der Waals surface area contributed by atoms with E-state index in [1.807, 2.05) is 0 Å². The summed E-state index contributed by atoms with van der Waals surface area (Å²) < 4.78 is 26.7. The Bertz CT molecular complexity index is 502. The van der Waals surface area contributed by atoms with Gasteiger partial charge < -0.3 is 10.4 Å². The first-order chi connectivity index (χ1) is 8.91. The molecular formula is C13H14ClF2NO2. The Labute approximate surface area is 114 Å². The summed E-state index contributed by atoms with van der Waals surface area (Å²) in [5.41, 5.74) is -1.35. The molecule has 1 amide bonds. The molecule has 19 heavy (non-hydrogen) atoms. The Morgan fingerprint density at radius 2 is 1.95 bits per heavy atom. The molecule has 1 aliphatic carbocycles. The van der Waals surface area contributed by atoms with Gasteiger partial charge in [0.1, 0.15) is 11.6 Å². The fourth-order valence-electron chi connectivity index (χ4n) is 2.25. The largest absolute Gasteiger partial charge is 0.388 e. The number of carbonyl (C=O) groups excluding carboxylic acids is 1. The van der Waals surface area contributed by atoms with E-state index in [9.17, 15) is 18.7 Å². The van der Waals surface area contributed by atoms with E-state index < -0.39 is 28.7 Å². The average molecular weight is 290 g/mol. The summed E-state index contributed by atoms with van der Waals surface area (Å²) in [6.45, 7) is 0.0372. The average Bonchev–Trinajstić information content (AvgIpc) is 2.78. The maximum Gasteiger partial charge on any atom is 0.254 e. The topological polar surface area (TPSA) is 49.3 Å². The highest BCUT2D eigenvalue weighted by Crippen LogP contribution is 2.28. The van der Waals surface area contributed by atoms with Crippen molar-refractivity contribution in [2.75, 3.05) is 6.54 Å². The molecule has 2 N–H and O–H groups in total. The summed E-state index contributed by atoms with van der Waals surface area (Å²) in [6, 6.07) is 1.52. The van der Waals surface area contributed by atoms with Crippen LogP contribution < -0.4 is 5.32 Å². The van der Waals surface area contributed by atoms with Crippen LogP contribution in [0.4, 0.5) is 8.78 Å². The van der Waals surface area contributed by atoms with E-state index >= 15 is 0 Å². The second-order valence-corrected chi connectivity index (χ2v) is 5.27. The van der Waals surface area contributed by atoms with Crippen LogP contribution in [0, 0.1) is 11.6 Å². The fraction of sp³-hybridized carbons (Fsp3) is 0.462. The summed E-state index contributed by atoms with van der Waals surface area (Å²) in [5.74, 6) is -2.50. The molecule has 0 unspecified atom stereocenters. The molecule has 1 saturated carbocycles. The van der Waals surface area contributed by atoms with Gasteiger partial charge in [0.25, 0.3) is 5.91 Å². The maximum atomic E-state index is 13.5. The highest BCUT2D eigenvalue weighted by Gasteiger charge is 2.31. The second kappa shape index (κ2) is 5.43. The zero-order valence-corrected chi connectivity index (χ0v) is 10.9. The minimum absolute atomic E-state index is 0.0372. The quantitative estimate of drug-likeness (QED) is 0.841. The molecule has 0 aromatic heterocycles. The van der Waals surface area contributed by atoms with Gasteiger partial charge in [0.15, 0.2) is 0 Å². The number of hydrogen-bond donors (Lipinski definition) is 2. The third-order valence-corrected chi connectivity index (χ3v) is 3.66. The van der Waals surface area contributed by atoms with Crippen LogP contribution >= 0.6 is 11.6 Å². The maximum absolute atomic E-state index is 13.5. The van der Waals surface area contributed by atoms with E-state index in [4.69, 9.17) is 11.6 Å². The van der Waals surface area contributed by atoms with Crippen molar-refractivity contribution in [1.82, 2.24) is 5.32 Å². The number of aliphatic hydroxyl groups is 1. The van der Waals surface area contributed by atoms with Gasteiger partial charge in [-0.2, -0.15) is 0 Å². The third kappa shape index (κ3) is 3.22. The summed E-state index contributed by atoms with van der Waals surface area (Å²) in [7, 11) is 0. The van der Waals surface area contributed by atoms with Crippen LogP contribution in [-0.2, 0) is 0 Å². The number of hydrogen-bond acceptors (Lipinski definition) is 2. The van der Waals surface area contributed by atoms with E-state index in [2.05, 4.69) is 5.32 Å². The SMILES string of the molecule is O=C(NCC1(O)CCCC1)c1cc(F)c(Cl)cc1F. The Morgan fingerprint density at radius 1 is 1.32 bits per heavy atom. The molecule has 1 aromatic carbocycles. The van der Waals surface area contributed by atoms with Gasteiger partial charge in [0, 0.05) is 6.54 Å². The van der Waals surface area contributed by atoms with E-state index in [0.717, 1.165) is 25.0 Å². The van der Waals surface area contributed by atoms with Crippen LogP contribution in [0.5, 0.6) is 0 Å². The predicted molar refractivity (Wildman–Crippen MR) is 67.1 cm³/mol. The van der Waals surface area contributed by atoms with Crippen molar-refractivity contribution in [3.05, 3.63) is 34.4 Å². The van der Waals surface area contributed by atoms with Crippen LogP contribution in [0.1, 0.15) is 36.0 Å². The normalized spacial score (nSPS) is 17.5. The van der Waals surface area contributed by atoms with E-state index in [1.54, 1.807) is 0 Å². The first kappa shape index (κ1) is 14.2. The Morgan fingerprint density at radius 3 is 2.58 bits per heavy atom. The molecule has 3 nitrogen and oxygen atoms in total. The molecule has 0 heterocycles. The van der Waals surface area contributed by atoms with E-state index in [1.165, 1.54) is 0 Å². The monoisotopic (exact) mass is 289 g/mol. The van der Waals surface area contributed by atoms with Crippen molar-refractivity contribution in [1.29, 1.82) is 0 Å². The van der Waals surface area contributed by atoms with Gasteiger partial charge in [0.05, 0.1) is 16.2 Å². The van der Waals surface area contributed by atoms with Gasteiger partial charge in [-0.15, -0.1) is 0 Å². The highest BCUT2D eigenvalue weighted by atomic mass is 35.5. The zero-order chi connectivity index (χ0) is 14.0. The van der Waals surface area contributed by atoms with Crippen molar-refractivity contribution in [3.8, 4) is 0 Å². The van der Waals surface area contributed by atoms with Gasteiger partial charge >= 0.3 is 0 Å². The van der Waals surface area contributed by atoms with Crippen molar-refractivity contribution in [2.45, 2.75) is 31.3 Å². The van der Waals surface area contributed by atoms with Crippen LogP contribution in [-0.4, -0.2) is 23.2 Å². The first-order valence-corrected chi connectivity index (χ1v) is 6.44. The van der Waals surface area contributed by atoms with Crippen molar-refractivity contribution in [3.63, 3.8) is 0 Å². The smallest absolute Gasteiger partial charge is 0.254 e. The molecule has 1 fully saturated rings. The third-order valence-electron chi connectivity index (χ3n) is 3.37. The van der Waals surface area contributed by atoms with Gasteiger partial charge in [0.2, 0.25) is 0 Å². The van der Waals surface area contributed by atoms with Crippen molar-refractivity contribution < 1.29 is 18.7 Å². The van der Waals surface area contributed by atoms with Gasteiger partial charge in [-0.25, -0.2) is 8.78 Å². The van der Waals surface area contributed by atoms with Gasteiger partial charge in [-0.3, -0.25) is 4.79 Å². The second-order valence-electron chi connectivity index (χ2n) is 4.86. The molecule has 0 atom stereocenters. The molecule has 104 valence electrons. The lowest BCUT2D eigenvalue weighted by atomic mass is 10.0. The summed E-state index contributed by atoms with van der Waals surface area (Å²) in [6.07, 6.45) is 3.00. The van der Waals surface area contributed by atoms with Gasteiger partial charge in [-0.05, 0) is 25.0 Å². The van der Waals surface area contributed by atoms with Crippen molar-refractivity contribution >= 4 is 17.5 Å². The molecule has 1 aliphatic rings. The molecule has 1 aromatic rings. The lowest BCUT2D eigenvalue weighted by Crippen LogP contribution is -2.41. The van der Waals surface area contributed by atoms with E-state index in [0.29, 0.717) is 12.8 Å². The van der Waals surface area contributed by atoms with Crippen molar-refractivity contribution in [2.24, 2.45) is 0 Å². The molecular weight excluding hydrogens is 276 g/mol. The minimum Gasteiger partial charge on any atom is -0.388 e. The molecule has 0 spiro atoms. The fourth-order valence-corrected chi connectivity index (χ4v) is 2.40. The number of rotatable bonds is 3. The lowest BCUT2D eigenvalue weighted by Gasteiger charge is -2.22. The summed E-state index contributed by atoms with van der Waals surface area (Å²) in [4.78, 5) is 11.8. The molecule has 0 radical (unpaired) electrons. The zero-order valence-electron chi connectivity index (χ0n) is 10.2. The molecule has 0 aliphatic heterocycles. The van der Waals surface area contributed by atoms with Crippen LogP contribution in [0.3, 0.4) is 0 Å². The molecule has 0 saturated heterocycles. The van der Waals surface area contributed by atoms with E-state index in [-0.39, 0.29) is 11.6 Å². The summed E-state index contributed by atoms with van der Waals surface area (Å²) in [5, 5.41) is 12.1. The minimum atomic E-state index is -0.933. The van der Waals surface area contributed by atoms with Crippen LogP contribution in [0.25, 0.3) is 0 Å². The van der Waals surface area contributed by atoms with Crippen LogP contribution in [0.2, 0.25) is 5.02 Å². The molecule has 0 bridgehead atoms. The Kier molecular flexibility index (Phi) is 4.06. The number of benzene rings is 1. The lowest BCUT2D eigenvalue weighted by molar-refractivity contribution is 0.0448. The number of amides is 1. The summed E-state index contributed by atoms with van der Waals surface area (Å²) >= 11 is 5.41. The Hall–Kier alpha value is -1.20. The number of nitrogens with one attached hydrogen (secondary N) is 1. The molecule has 6 heteroatoms. The molecule has 2 rings (SSSR count). The standard InChI is InChI=1S/C13H14ClF2NO2/c14-9-6-10(15)8(5-11(9)16)12(18)17-7-13(19)3-1-2-4-13/h5-6,19H,1-4,7H2,(H,17,18). The Balaban J connectivity index is 2.06.